The smallest absolute Gasteiger partial charge is 0.356 e. The standard InChI is InChI=1S/C12H16N2O2/c1-16-12(15)11-8-10(6-7-13-11)14-9-4-2-3-5-9/h6-9H,2-5H2,1H3,(H,13,14). The molecule has 86 valence electrons. The second-order valence-corrected chi connectivity index (χ2v) is 4.05. The topological polar surface area (TPSA) is 51.2 Å². The zero-order chi connectivity index (χ0) is 11.4. The molecule has 0 atom stereocenters. The molecule has 4 heteroatoms. The molecule has 0 amide bonds. The van der Waals surface area contributed by atoms with Crippen molar-refractivity contribution in [2.24, 2.45) is 0 Å². The maximum absolute atomic E-state index is 11.3. The van der Waals surface area contributed by atoms with Crippen molar-refractivity contribution in [3.05, 3.63) is 24.0 Å². The molecule has 1 heterocycles. The van der Waals surface area contributed by atoms with Crippen LogP contribution in [-0.2, 0) is 4.74 Å². The molecule has 0 bridgehead atoms. The molecular weight excluding hydrogens is 204 g/mol. The fourth-order valence-corrected chi connectivity index (χ4v) is 2.04. The first kappa shape index (κ1) is 10.9. The van der Waals surface area contributed by atoms with Crippen LogP contribution in [0.4, 0.5) is 5.69 Å². The van der Waals surface area contributed by atoms with E-state index in [1.807, 2.05) is 6.07 Å². The van der Waals surface area contributed by atoms with Gasteiger partial charge in [-0.2, -0.15) is 0 Å². The maximum Gasteiger partial charge on any atom is 0.356 e. The number of pyridine rings is 1. The molecule has 1 aliphatic rings. The Bertz CT molecular complexity index is 373. The van der Waals surface area contributed by atoms with Gasteiger partial charge in [0, 0.05) is 17.9 Å². The van der Waals surface area contributed by atoms with Crippen molar-refractivity contribution in [3.63, 3.8) is 0 Å². The van der Waals surface area contributed by atoms with E-state index in [9.17, 15) is 4.79 Å². The predicted molar refractivity (Wildman–Crippen MR) is 61.5 cm³/mol. The van der Waals surface area contributed by atoms with E-state index in [2.05, 4.69) is 15.0 Å². The van der Waals surface area contributed by atoms with Gasteiger partial charge in [0.25, 0.3) is 0 Å². The minimum atomic E-state index is -0.393. The zero-order valence-electron chi connectivity index (χ0n) is 9.40. The van der Waals surface area contributed by atoms with Crippen molar-refractivity contribution in [1.82, 2.24) is 4.98 Å². The molecule has 1 fully saturated rings. The summed E-state index contributed by atoms with van der Waals surface area (Å²) in [5.41, 5.74) is 1.30. The Morgan fingerprint density at radius 1 is 1.50 bits per heavy atom. The lowest BCUT2D eigenvalue weighted by Gasteiger charge is -2.13. The Morgan fingerprint density at radius 2 is 2.25 bits per heavy atom. The number of nitrogens with one attached hydrogen (secondary N) is 1. The molecule has 0 aromatic carbocycles. The van der Waals surface area contributed by atoms with Gasteiger partial charge >= 0.3 is 5.97 Å². The summed E-state index contributed by atoms with van der Waals surface area (Å²) < 4.78 is 4.63. The lowest BCUT2D eigenvalue weighted by atomic mass is 10.2. The Morgan fingerprint density at radius 3 is 2.94 bits per heavy atom. The monoisotopic (exact) mass is 220 g/mol. The second-order valence-electron chi connectivity index (χ2n) is 4.05. The summed E-state index contributed by atoms with van der Waals surface area (Å²) in [6, 6.07) is 4.16. The Kier molecular flexibility index (Phi) is 3.39. The largest absolute Gasteiger partial charge is 0.464 e. The van der Waals surface area contributed by atoms with Crippen LogP contribution >= 0.6 is 0 Å². The van der Waals surface area contributed by atoms with Gasteiger partial charge in [0.15, 0.2) is 0 Å². The van der Waals surface area contributed by atoms with Gasteiger partial charge in [-0.25, -0.2) is 9.78 Å². The number of carbonyl (C=O) groups is 1. The Balaban J connectivity index is 2.06. The average molecular weight is 220 g/mol. The number of methoxy groups -OCH3 is 1. The van der Waals surface area contributed by atoms with E-state index < -0.39 is 5.97 Å². The third-order valence-electron chi connectivity index (χ3n) is 2.88. The Hall–Kier alpha value is -1.58. The van der Waals surface area contributed by atoms with Crippen molar-refractivity contribution < 1.29 is 9.53 Å². The number of esters is 1. The van der Waals surface area contributed by atoms with Gasteiger partial charge < -0.3 is 10.1 Å². The van der Waals surface area contributed by atoms with Crippen molar-refractivity contribution >= 4 is 11.7 Å². The fourth-order valence-electron chi connectivity index (χ4n) is 2.04. The quantitative estimate of drug-likeness (QED) is 0.793. The maximum atomic E-state index is 11.3. The number of nitrogens with zero attached hydrogens (tertiary/aromatic N) is 1. The molecule has 0 radical (unpaired) electrons. The average Bonchev–Trinajstić information content (AvgIpc) is 2.81. The van der Waals surface area contributed by atoms with E-state index in [0.717, 1.165) is 5.69 Å². The van der Waals surface area contributed by atoms with Crippen molar-refractivity contribution in [2.75, 3.05) is 12.4 Å². The first-order valence-electron chi connectivity index (χ1n) is 5.60. The highest BCUT2D eigenvalue weighted by molar-refractivity contribution is 5.88. The van der Waals surface area contributed by atoms with Crippen LogP contribution in [0.15, 0.2) is 18.3 Å². The van der Waals surface area contributed by atoms with Crippen LogP contribution < -0.4 is 5.32 Å². The first-order valence-corrected chi connectivity index (χ1v) is 5.60. The number of hydrogen-bond acceptors (Lipinski definition) is 4. The summed E-state index contributed by atoms with van der Waals surface area (Å²) >= 11 is 0. The van der Waals surface area contributed by atoms with Gasteiger partial charge in [-0.3, -0.25) is 0 Å². The normalized spacial score (nSPS) is 16.1. The molecule has 1 aliphatic carbocycles. The van der Waals surface area contributed by atoms with Gasteiger partial charge in [-0.15, -0.1) is 0 Å². The first-order chi connectivity index (χ1) is 7.79. The highest BCUT2D eigenvalue weighted by Crippen LogP contribution is 2.22. The number of ether oxygens (including phenoxy) is 1. The van der Waals surface area contributed by atoms with Gasteiger partial charge in [-0.1, -0.05) is 12.8 Å². The van der Waals surface area contributed by atoms with E-state index in [1.54, 1.807) is 12.3 Å². The summed E-state index contributed by atoms with van der Waals surface area (Å²) in [6.45, 7) is 0. The van der Waals surface area contributed by atoms with Crippen molar-refractivity contribution in [3.8, 4) is 0 Å². The summed E-state index contributed by atoms with van der Waals surface area (Å²) in [4.78, 5) is 15.3. The predicted octanol–water partition coefficient (Wildman–Crippen LogP) is 2.22. The summed E-state index contributed by atoms with van der Waals surface area (Å²) in [6.07, 6.45) is 6.61. The molecular formula is C12H16N2O2. The zero-order valence-corrected chi connectivity index (χ0v) is 9.40. The lowest BCUT2D eigenvalue weighted by Crippen LogP contribution is -2.15. The highest BCUT2D eigenvalue weighted by Gasteiger charge is 2.15. The summed E-state index contributed by atoms with van der Waals surface area (Å²) in [7, 11) is 1.36. The second kappa shape index (κ2) is 4.96. The molecule has 0 saturated heterocycles. The lowest BCUT2D eigenvalue weighted by molar-refractivity contribution is 0.0594. The molecule has 0 spiro atoms. The van der Waals surface area contributed by atoms with Crippen molar-refractivity contribution in [1.29, 1.82) is 0 Å². The van der Waals surface area contributed by atoms with Gasteiger partial charge in [0.05, 0.1) is 7.11 Å². The van der Waals surface area contributed by atoms with E-state index in [-0.39, 0.29) is 0 Å². The fraction of sp³-hybridized carbons (Fsp3) is 0.500. The molecule has 1 aromatic rings. The van der Waals surface area contributed by atoms with Crippen LogP contribution in [0.1, 0.15) is 36.2 Å². The minimum Gasteiger partial charge on any atom is -0.464 e. The van der Waals surface area contributed by atoms with Crippen LogP contribution in [0.25, 0.3) is 0 Å². The highest BCUT2D eigenvalue weighted by atomic mass is 16.5. The number of aromatic nitrogens is 1. The van der Waals surface area contributed by atoms with Crippen LogP contribution in [0.5, 0.6) is 0 Å². The molecule has 1 aromatic heterocycles. The van der Waals surface area contributed by atoms with Crippen LogP contribution in [-0.4, -0.2) is 24.1 Å². The molecule has 0 unspecified atom stereocenters. The van der Waals surface area contributed by atoms with E-state index in [4.69, 9.17) is 0 Å². The van der Waals surface area contributed by atoms with Gasteiger partial charge in [-0.05, 0) is 25.0 Å². The molecule has 1 saturated carbocycles. The third kappa shape index (κ3) is 2.51. The number of anilines is 1. The van der Waals surface area contributed by atoms with Crippen LogP contribution in [0, 0.1) is 0 Å². The molecule has 4 nitrogen and oxygen atoms in total. The van der Waals surface area contributed by atoms with E-state index >= 15 is 0 Å². The number of rotatable bonds is 3. The third-order valence-corrected chi connectivity index (χ3v) is 2.88. The summed E-state index contributed by atoms with van der Waals surface area (Å²) in [5, 5.41) is 3.41. The number of carbonyl (C=O) groups excluding carboxylic acids is 1. The molecule has 1 N–H and O–H groups in total. The van der Waals surface area contributed by atoms with Gasteiger partial charge in [0.2, 0.25) is 0 Å². The molecule has 2 rings (SSSR count). The van der Waals surface area contributed by atoms with Crippen LogP contribution in [0.2, 0.25) is 0 Å². The molecule has 16 heavy (non-hydrogen) atoms. The van der Waals surface area contributed by atoms with Crippen LogP contribution in [0.3, 0.4) is 0 Å². The van der Waals surface area contributed by atoms with E-state index in [1.165, 1.54) is 32.8 Å². The minimum absolute atomic E-state index is 0.352. The SMILES string of the molecule is COC(=O)c1cc(NC2CCCC2)ccn1. The molecule has 0 aliphatic heterocycles. The van der Waals surface area contributed by atoms with E-state index in [0.29, 0.717) is 11.7 Å². The van der Waals surface area contributed by atoms with Crippen molar-refractivity contribution in [2.45, 2.75) is 31.7 Å². The number of hydrogen-bond donors (Lipinski definition) is 1. The van der Waals surface area contributed by atoms with Gasteiger partial charge in [0.1, 0.15) is 5.69 Å². The Labute approximate surface area is 95.0 Å². The summed E-state index contributed by atoms with van der Waals surface area (Å²) in [5.74, 6) is -0.393.